The highest BCUT2D eigenvalue weighted by Crippen LogP contribution is 2.39. The van der Waals surface area contributed by atoms with Gasteiger partial charge in [0.15, 0.2) is 0 Å². The number of methoxy groups -OCH3 is 3. The van der Waals surface area contributed by atoms with Crippen molar-refractivity contribution < 1.29 is 19.0 Å². The number of nitrogens with one attached hydrogen (secondary N) is 2. The molecule has 1 unspecified atom stereocenters. The molecule has 3 aromatic rings. The Morgan fingerprint density at radius 2 is 1.94 bits per heavy atom. The number of aromatic nitrogens is 1. The zero-order chi connectivity index (χ0) is 22.2. The van der Waals surface area contributed by atoms with E-state index >= 15 is 0 Å². The molecule has 1 heterocycles. The highest BCUT2D eigenvalue weighted by Gasteiger charge is 2.25. The van der Waals surface area contributed by atoms with E-state index in [-0.39, 0.29) is 11.8 Å². The number of ether oxygens (including phenoxy) is 3. The highest BCUT2D eigenvalue weighted by atomic mass is 16.5. The fourth-order valence-corrected chi connectivity index (χ4v) is 4.02. The molecule has 0 fully saturated rings. The Labute approximate surface area is 183 Å². The fraction of sp³-hybridized carbons (Fsp3) is 0.400. The van der Waals surface area contributed by atoms with Gasteiger partial charge in [0, 0.05) is 61.3 Å². The van der Waals surface area contributed by atoms with E-state index in [1.54, 1.807) is 21.3 Å². The van der Waals surface area contributed by atoms with Crippen molar-refractivity contribution >= 4 is 16.8 Å². The Morgan fingerprint density at radius 3 is 2.65 bits per heavy atom. The molecule has 166 valence electrons. The van der Waals surface area contributed by atoms with Crippen LogP contribution in [0, 0.1) is 0 Å². The van der Waals surface area contributed by atoms with Gasteiger partial charge in [-0.3, -0.25) is 4.79 Å². The lowest BCUT2D eigenvalue weighted by Crippen LogP contribution is -2.27. The number of para-hydroxylation sites is 1. The molecule has 6 heteroatoms. The minimum absolute atomic E-state index is 0.0000275. The summed E-state index contributed by atoms with van der Waals surface area (Å²) in [5.74, 6) is 1.26. The minimum Gasteiger partial charge on any atom is -0.497 e. The molecule has 1 aromatic heterocycles. The van der Waals surface area contributed by atoms with Gasteiger partial charge < -0.3 is 24.5 Å². The van der Waals surface area contributed by atoms with Gasteiger partial charge in [-0.25, -0.2) is 0 Å². The number of fused-ring (bicyclic) bond motifs is 1. The van der Waals surface area contributed by atoms with Crippen LogP contribution in [-0.2, 0) is 16.0 Å². The summed E-state index contributed by atoms with van der Waals surface area (Å²) in [5, 5.41) is 4.15. The molecule has 0 aliphatic carbocycles. The van der Waals surface area contributed by atoms with Crippen LogP contribution in [0.25, 0.3) is 10.9 Å². The van der Waals surface area contributed by atoms with Crippen LogP contribution in [0.1, 0.15) is 42.4 Å². The number of benzene rings is 2. The Bertz CT molecular complexity index is 1010. The summed E-state index contributed by atoms with van der Waals surface area (Å²) in [5.41, 5.74) is 4.42. The topological polar surface area (TPSA) is 72.6 Å². The molecule has 1 amide bonds. The second kappa shape index (κ2) is 10.9. The van der Waals surface area contributed by atoms with E-state index in [1.807, 2.05) is 24.4 Å². The van der Waals surface area contributed by atoms with E-state index in [4.69, 9.17) is 14.2 Å². The summed E-state index contributed by atoms with van der Waals surface area (Å²) in [4.78, 5) is 16.3. The number of aromatic amines is 1. The average Bonchev–Trinajstić information content (AvgIpc) is 3.24. The van der Waals surface area contributed by atoms with Gasteiger partial charge in [0.1, 0.15) is 11.5 Å². The molecule has 1 atom stereocenters. The first kappa shape index (κ1) is 22.7. The van der Waals surface area contributed by atoms with Gasteiger partial charge >= 0.3 is 0 Å². The summed E-state index contributed by atoms with van der Waals surface area (Å²) in [6, 6.07) is 12.1. The van der Waals surface area contributed by atoms with Gasteiger partial charge in [-0.2, -0.15) is 0 Å². The lowest BCUT2D eigenvalue weighted by Gasteiger charge is -2.20. The summed E-state index contributed by atoms with van der Waals surface area (Å²) < 4.78 is 16.1. The number of rotatable bonds is 11. The third-order valence-electron chi connectivity index (χ3n) is 5.64. The standard InChI is InChI=1S/C25H32N2O4/c1-5-17-8-6-9-20-22(16-27-25(17)20)21(15-24(28)26-12-7-13-29-2)19-11-10-18(30-3)14-23(19)31-4/h6,8-11,14,16,21,27H,5,7,12-13,15H2,1-4H3,(H,26,28). The molecular weight excluding hydrogens is 392 g/mol. The van der Waals surface area contributed by atoms with E-state index < -0.39 is 0 Å². The van der Waals surface area contributed by atoms with E-state index in [0.717, 1.165) is 40.6 Å². The van der Waals surface area contributed by atoms with Gasteiger partial charge in [0.2, 0.25) is 5.91 Å². The fourth-order valence-electron chi connectivity index (χ4n) is 4.02. The largest absolute Gasteiger partial charge is 0.497 e. The molecule has 0 spiro atoms. The summed E-state index contributed by atoms with van der Waals surface area (Å²) in [7, 11) is 4.94. The zero-order valence-electron chi connectivity index (χ0n) is 18.8. The number of aryl methyl sites for hydroxylation is 1. The van der Waals surface area contributed by atoms with E-state index in [1.165, 1.54) is 5.56 Å². The van der Waals surface area contributed by atoms with Crippen molar-refractivity contribution in [1.82, 2.24) is 10.3 Å². The smallest absolute Gasteiger partial charge is 0.220 e. The summed E-state index contributed by atoms with van der Waals surface area (Å²) in [6.07, 6.45) is 4.06. The van der Waals surface area contributed by atoms with Gasteiger partial charge in [-0.15, -0.1) is 0 Å². The maximum absolute atomic E-state index is 12.8. The summed E-state index contributed by atoms with van der Waals surface area (Å²) >= 11 is 0. The van der Waals surface area contributed by atoms with Gasteiger partial charge in [-0.1, -0.05) is 31.2 Å². The first-order valence-corrected chi connectivity index (χ1v) is 10.7. The monoisotopic (exact) mass is 424 g/mol. The lowest BCUT2D eigenvalue weighted by atomic mass is 9.87. The second-order valence-corrected chi connectivity index (χ2v) is 7.50. The normalized spacial score (nSPS) is 12.0. The third kappa shape index (κ3) is 5.20. The van der Waals surface area contributed by atoms with Crippen molar-refractivity contribution in [1.29, 1.82) is 0 Å². The Hall–Kier alpha value is -2.99. The predicted octanol–water partition coefficient (Wildman–Crippen LogP) is 4.42. The van der Waals surface area contributed by atoms with E-state index in [2.05, 4.69) is 35.4 Å². The van der Waals surface area contributed by atoms with Crippen molar-refractivity contribution in [3.05, 3.63) is 59.3 Å². The van der Waals surface area contributed by atoms with E-state index in [9.17, 15) is 4.79 Å². The molecule has 0 radical (unpaired) electrons. The molecule has 31 heavy (non-hydrogen) atoms. The van der Waals surface area contributed by atoms with E-state index in [0.29, 0.717) is 25.3 Å². The molecule has 2 aromatic carbocycles. The van der Waals surface area contributed by atoms with Crippen LogP contribution in [0.5, 0.6) is 11.5 Å². The number of amides is 1. The van der Waals surface area contributed by atoms with Gasteiger partial charge in [0.05, 0.1) is 14.2 Å². The number of hydrogen-bond donors (Lipinski definition) is 2. The Balaban J connectivity index is 2.01. The average molecular weight is 425 g/mol. The van der Waals surface area contributed by atoms with Crippen LogP contribution in [0.2, 0.25) is 0 Å². The third-order valence-corrected chi connectivity index (χ3v) is 5.64. The molecule has 3 rings (SSSR count). The number of carbonyl (C=O) groups excluding carboxylic acids is 1. The molecular formula is C25H32N2O4. The maximum Gasteiger partial charge on any atom is 0.220 e. The molecule has 0 saturated heterocycles. The number of carbonyl (C=O) groups is 1. The van der Waals surface area contributed by atoms with Crippen LogP contribution >= 0.6 is 0 Å². The SMILES string of the molecule is CCc1cccc2c(C(CC(=O)NCCCOC)c3ccc(OC)cc3OC)c[nH]c12. The summed E-state index contributed by atoms with van der Waals surface area (Å²) in [6.45, 7) is 3.36. The van der Waals surface area contributed by atoms with Crippen LogP contribution in [0.3, 0.4) is 0 Å². The highest BCUT2D eigenvalue weighted by molar-refractivity contribution is 5.88. The minimum atomic E-state index is -0.163. The predicted molar refractivity (Wildman–Crippen MR) is 123 cm³/mol. The van der Waals surface area contributed by atoms with Crippen molar-refractivity contribution in [2.45, 2.75) is 32.1 Å². The maximum atomic E-state index is 12.8. The van der Waals surface area contributed by atoms with Crippen LogP contribution in [0.15, 0.2) is 42.6 Å². The van der Waals surface area contributed by atoms with Gasteiger partial charge in [-0.05, 0) is 30.0 Å². The molecule has 0 aliphatic rings. The van der Waals surface area contributed by atoms with Crippen LogP contribution < -0.4 is 14.8 Å². The van der Waals surface area contributed by atoms with Crippen molar-refractivity contribution in [3.8, 4) is 11.5 Å². The first-order valence-electron chi connectivity index (χ1n) is 10.7. The van der Waals surface area contributed by atoms with Gasteiger partial charge in [0.25, 0.3) is 0 Å². The second-order valence-electron chi connectivity index (χ2n) is 7.50. The van der Waals surface area contributed by atoms with Crippen LogP contribution in [-0.4, -0.2) is 45.4 Å². The first-order chi connectivity index (χ1) is 15.1. The Morgan fingerprint density at radius 1 is 1.10 bits per heavy atom. The van der Waals surface area contributed by atoms with Crippen LogP contribution in [0.4, 0.5) is 0 Å². The molecule has 6 nitrogen and oxygen atoms in total. The molecule has 0 saturated carbocycles. The molecule has 0 bridgehead atoms. The van der Waals surface area contributed by atoms with Crippen molar-refractivity contribution in [3.63, 3.8) is 0 Å². The number of H-pyrrole nitrogens is 1. The quantitative estimate of drug-likeness (QED) is 0.447. The van der Waals surface area contributed by atoms with Crippen molar-refractivity contribution in [2.24, 2.45) is 0 Å². The number of hydrogen-bond acceptors (Lipinski definition) is 4. The zero-order valence-corrected chi connectivity index (χ0v) is 18.8. The Kier molecular flexibility index (Phi) is 7.95. The molecule has 0 aliphatic heterocycles. The van der Waals surface area contributed by atoms with Crippen molar-refractivity contribution in [2.75, 3.05) is 34.5 Å². The molecule has 2 N–H and O–H groups in total. The lowest BCUT2D eigenvalue weighted by molar-refractivity contribution is -0.121.